The average molecular weight is 403 g/mol. The summed E-state index contributed by atoms with van der Waals surface area (Å²) in [4.78, 5) is 11.8. The van der Waals surface area contributed by atoms with Crippen LogP contribution in [-0.2, 0) is 4.74 Å². The number of benzene rings is 2. The van der Waals surface area contributed by atoms with E-state index in [9.17, 15) is 25.2 Å². The molecule has 5 N–H and O–H groups in total. The van der Waals surface area contributed by atoms with Crippen LogP contribution >= 0.6 is 0 Å². The number of hydrogen-bond donors (Lipinski definition) is 5. The van der Waals surface area contributed by atoms with Gasteiger partial charge in [-0.2, -0.15) is 0 Å². The molecule has 2 aromatic carbocycles. The summed E-state index contributed by atoms with van der Waals surface area (Å²) in [5.74, 6) is 0.242. The number of aliphatic hydroxyl groups is 4. The van der Waals surface area contributed by atoms with Crippen LogP contribution < -0.4 is 10.1 Å². The molecule has 5 atom stereocenters. The maximum absolute atomic E-state index is 11.8. The number of amides is 1. The van der Waals surface area contributed by atoms with E-state index in [4.69, 9.17) is 9.47 Å². The monoisotopic (exact) mass is 403 g/mol. The molecule has 29 heavy (non-hydrogen) atoms. The van der Waals surface area contributed by atoms with E-state index in [2.05, 4.69) is 5.32 Å². The van der Waals surface area contributed by atoms with Crippen molar-refractivity contribution in [3.05, 3.63) is 53.6 Å². The Kier molecular flexibility index (Phi) is 6.51. The van der Waals surface area contributed by atoms with Crippen LogP contribution in [0.15, 0.2) is 42.5 Å². The number of aryl methyl sites for hydroxylation is 1. The van der Waals surface area contributed by atoms with Crippen LogP contribution in [0, 0.1) is 6.92 Å². The summed E-state index contributed by atoms with van der Waals surface area (Å²) in [6, 6.07) is 12.6. The van der Waals surface area contributed by atoms with Gasteiger partial charge < -0.3 is 35.2 Å². The second kappa shape index (κ2) is 8.89. The Balaban J connectivity index is 1.81. The third kappa shape index (κ3) is 4.42. The number of hydrogen-bond acceptors (Lipinski definition) is 7. The van der Waals surface area contributed by atoms with Crippen LogP contribution in [0.4, 0.5) is 0 Å². The van der Waals surface area contributed by atoms with Gasteiger partial charge in [0.1, 0.15) is 30.2 Å². The van der Waals surface area contributed by atoms with Crippen molar-refractivity contribution in [2.45, 2.75) is 37.6 Å². The highest BCUT2D eigenvalue weighted by molar-refractivity contribution is 5.95. The van der Waals surface area contributed by atoms with E-state index in [-0.39, 0.29) is 5.91 Å². The SMILES string of the molecule is CNC(=O)c1cccc(-c2ccc(O[C@H]3O[C@@H](CO)[C@@H](O)[C@H](O)[C@H]3O)c(C)c2)c1. The predicted molar refractivity (Wildman–Crippen MR) is 104 cm³/mol. The fourth-order valence-corrected chi connectivity index (χ4v) is 3.24. The van der Waals surface area contributed by atoms with Gasteiger partial charge in [-0.15, -0.1) is 0 Å². The van der Waals surface area contributed by atoms with Crippen molar-refractivity contribution in [1.29, 1.82) is 0 Å². The summed E-state index contributed by atoms with van der Waals surface area (Å²) >= 11 is 0. The molecular weight excluding hydrogens is 378 g/mol. The van der Waals surface area contributed by atoms with Gasteiger partial charge in [0.25, 0.3) is 5.91 Å². The molecule has 8 heteroatoms. The molecule has 0 radical (unpaired) electrons. The molecule has 1 heterocycles. The van der Waals surface area contributed by atoms with Gasteiger partial charge in [0.15, 0.2) is 0 Å². The summed E-state index contributed by atoms with van der Waals surface area (Å²) < 4.78 is 11.1. The van der Waals surface area contributed by atoms with E-state index in [1.165, 1.54) is 0 Å². The molecule has 0 saturated carbocycles. The normalized spacial score (nSPS) is 26.8. The zero-order valence-corrected chi connectivity index (χ0v) is 16.1. The van der Waals surface area contributed by atoms with Gasteiger partial charge in [-0.25, -0.2) is 0 Å². The maximum atomic E-state index is 11.8. The molecule has 1 aliphatic rings. The van der Waals surface area contributed by atoms with Crippen LogP contribution in [-0.4, -0.2) is 70.7 Å². The van der Waals surface area contributed by atoms with E-state index in [0.717, 1.165) is 16.7 Å². The van der Waals surface area contributed by atoms with Crippen molar-refractivity contribution in [2.24, 2.45) is 0 Å². The first-order chi connectivity index (χ1) is 13.8. The lowest BCUT2D eigenvalue weighted by Crippen LogP contribution is -2.60. The van der Waals surface area contributed by atoms with Crippen molar-refractivity contribution in [1.82, 2.24) is 5.32 Å². The Bertz CT molecular complexity index is 870. The lowest BCUT2D eigenvalue weighted by molar-refractivity contribution is -0.277. The topological polar surface area (TPSA) is 128 Å². The second-order valence-corrected chi connectivity index (χ2v) is 6.96. The van der Waals surface area contributed by atoms with Crippen LogP contribution in [0.3, 0.4) is 0 Å². The fourth-order valence-electron chi connectivity index (χ4n) is 3.24. The minimum atomic E-state index is -1.50. The number of nitrogens with one attached hydrogen (secondary N) is 1. The van der Waals surface area contributed by atoms with E-state index < -0.39 is 37.3 Å². The molecule has 156 valence electrons. The minimum absolute atomic E-state index is 0.175. The predicted octanol–water partition coefficient (Wildman–Crippen LogP) is 0.200. The largest absolute Gasteiger partial charge is 0.462 e. The molecule has 8 nitrogen and oxygen atoms in total. The summed E-state index contributed by atoms with van der Waals surface area (Å²) in [6.45, 7) is 1.29. The first-order valence-electron chi connectivity index (χ1n) is 9.26. The van der Waals surface area contributed by atoms with Crippen LogP contribution in [0.2, 0.25) is 0 Å². The quantitative estimate of drug-likeness (QED) is 0.482. The minimum Gasteiger partial charge on any atom is -0.462 e. The molecule has 3 rings (SSSR count). The first-order valence-corrected chi connectivity index (χ1v) is 9.26. The first kappa shape index (κ1) is 21.2. The molecule has 0 aromatic heterocycles. The lowest BCUT2D eigenvalue weighted by atomic mass is 9.99. The summed E-state index contributed by atoms with van der Waals surface area (Å²) in [5.41, 5.74) is 3.01. The molecule has 1 aliphatic heterocycles. The standard InChI is InChI=1S/C21H25NO7/c1-11-8-13(12-4-3-5-14(9-12)20(27)22-2)6-7-15(11)28-21-19(26)18(25)17(24)16(10-23)29-21/h3-9,16-19,21,23-26H,10H2,1-2H3,(H,22,27)/t16-,17+,18-,19+,21-/m0/s1. The molecule has 0 spiro atoms. The Morgan fingerprint density at radius 2 is 1.79 bits per heavy atom. The summed E-state index contributed by atoms with van der Waals surface area (Å²) in [7, 11) is 1.57. The molecule has 0 aliphatic carbocycles. The number of aliphatic hydroxyl groups excluding tert-OH is 4. The van der Waals surface area contributed by atoms with Crippen LogP contribution in [0.5, 0.6) is 5.75 Å². The molecule has 2 aromatic rings. The van der Waals surface area contributed by atoms with E-state index in [1.807, 2.05) is 19.1 Å². The van der Waals surface area contributed by atoms with Crippen LogP contribution in [0.25, 0.3) is 11.1 Å². The molecular formula is C21H25NO7. The van der Waals surface area contributed by atoms with Gasteiger partial charge >= 0.3 is 0 Å². The third-order valence-corrected chi connectivity index (χ3v) is 4.95. The summed E-state index contributed by atoms with van der Waals surface area (Å²) in [6.07, 6.45) is -6.70. The van der Waals surface area contributed by atoms with Crippen LogP contribution in [0.1, 0.15) is 15.9 Å². The van der Waals surface area contributed by atoms with E-state index in [1.54, 1.807) is 37.4 Å². The molecule has 1 fully saturated rings. The number of ether oxygens (including phenoxy) is 2. The Labute approximate surface area is 168 Å². The van der Waals surface area contributed by atoms with E-state index in [0.29, 0.717) is 11.3 Å². The Hall–Kier alpha value is -2.49. The molecule has 0 unspecified atom stereocenters. The van der Waals surface area contributed by atoms with Gasteiger partial charge in [-0.3, -0.25) is 4.79 Å². The zero-order valence-electron chi connectivity index (χ0n) is 16.1. The zero-order chi connectivity index (χ0) is 21.1. The lowest BCUT2D eigenvalue weighted by Gasteiger charge is -2.39. The van der Waals surface area contributed by atoms with Gasteiger partial charge in [0, 0.05) is 12.6 Å². The second-order valence-electron chi connectivity index (χ2n) is 6.96. The fraction of sp³-hybridized carbons (Fsp3) is 0.381. The Morgan fingerprint density at radius 3 is 2.45 bits per heavy atom. The average Bonchev–Trinajstić information content (AvgIpc) is 2.74. The van der Waals surface area contributed by atoms with Crippen molar-refractivity contribution < 1.29 is 34.7 Å². The van der Waals surface area contributed by atoms with Crippen molar-refractivity contribution in [3.63, 3.8) is 0 Å². The van der Waals surface area contributed by atoms with Gasteiger partial charge in [-0.05, 0) is 47.9 Å². The molecule has 0 bridgehead atoms. The highest BCUT2D eigenvalue weighted by Gasteiger charge is 2.44. The Morgan fingerprint density at radius 1 is 1.07 bits per heavy atom. The molecule has 1 amide bonds. The smallest absolute Gasteiger partial charge is 0.251 e. The van der Waals surface area contributed by atoms with Gasteiger partial charge in [0.2, 0.25) is 6.29 Å². The maximum Gasteiger partial charge on any atom is 0.251 e. The highest BCUT2D eigenvalue weighted by atomic mass is 16.7. The van der Waals surface area contributed by atoms with Crippen molar-refractivity contribution >= 4 is 5.91 Å². The third-order valence-electron chi connectivity index (χ3n) is 4.95. The summed E-state index contributed by atoms with van der Waals surface area (Å²) in [5, 5.41) is 41.8. The number of carbonyl (C=O) groups is 1. The van der Waals surface area contributed by atoms with Gasteiger partial charge in [-0.1, -0.05) is 18.2 Å². The van der Waals surface area contributed by atoms with Gasteiger partial charge in [0.05, 0.1) is 6.61 Å². The number of carbonyl (C=O) groups excluding carboxylic acids is 1. The highest BCUT2D eigenvalue weighted by Crippen LogP contribution is 2.30. The van der Waals surface area contributed by atoms with Crippen molar-refractivity contribution in [3.8, 4) is 16.9 Å². The molecule has 1 saturated heterocycles. The number of rotatable bonds is 5. The van der Waals surface area contributed by atoms with E-state index >= 15 is 0 Å². The van der Waals surface area contributed by atoms with Crippen molar-refractivity contribution in [2.75, 3.05) is 13.7 Å².